The number of nitrogens with zero attached hydrogens (tertiary/aromatic N) is 1. The van der Waals surface area contributed by atoms with Gasteiger partial charge in [0.05, 0.1) is 18.5 Å². The third-order valence-corrected chi connectivity index (χ3v) is 6.70. The predicted molar refractivity (Wildman–Crippen MR) is 153 cm³/mol. The molecule has 0 aliphatic heterocycles. The number of H-pyrrole nitrogens is 1. The van der Waals surface area contributed by atoms with E-state index in [1.54, 1.807) is 18.4 Å². The standard InChI is InChI=1S/C26H37N7O8S/c1-14(34)22(26(41)31-19(7-8-42-2)24(39)29-12-21(36)37)33-25(40)20(9-15-3-5-17(35)6-4-15)32-23(38)18(27)10-16-11-28-13-30-16/h3-6,11,13-14,18-20,22,34-35H,7-10,12,27H2,1-2H3,(H,28,30)(H,29,39)(H,31,41)(H,32,38)(H,33,40)(H,36,37)/t14-,18+,19+,20+,22+/m1/s1. The molecule has 2 aromatic rings. The van der Waals surface area contributed by atoms with E-state index in [1.165, 1.54) is 43.3 Å². The largest absolute Gasteiger partial charge is 0.508 e. The van der Waals surface area contributed by atoms with Crippen LogP contribution in [0, 0.1) is 0 Å². The van der Waals surface area contributed by atoms with Gasteiger partial charge in [-0.25, -0.2) is 4.98 Å². The summed E-state index contributed by atoms with van der Waals surface area (Å²) >= 11 is 1.40. The highest BCUT2D eigenvalue weighted by Crippen LogP contribution is 2.12. The Labute approximate surface area is 246 Å². The molecule has 15 nitrogen and oxygen atoms in total. The van der Waals surface area contributed by atoms with Gasteiger partial charge in [-0.15, -0.1) is 0 Å². The van der Waals surface area contributed by atoms with E-state index < -0.39 is 66.4 Å². The highest BCUT2D eigenvalue weighted by molar-refractivity contribution is 7.98. The van der Waals surface area contributed by atoms with Crippen molar-refractivity contribution in [3.63, 3.8) is 0 Å². The molecule has 0 aliphatic carbocycles. The zero-order valence-electron chi connectivity index (χ0n) is 23.2. The van der Waals surface area contributed by atoms with Gasteiger partial charge in [0.1, 0.15) is 30.4 Å². The zero-order valence-corrected chi connectivity index (χ0v) is 24.0. The van der Waals surface area contributed by atoms with Crippen molar-refractivity contribution in [3.05, 3.63) is 48.0 Å². The summed E-state index contributed by atoms with van der Waals surface area (Å²) in [6.45, 7) is 0.613. The third kappa shape index (κ3) is 11.4. The number of carbonyl (C=O) groups is 5. The van der Waals surface area contributed by atoms with E-state index in [9.17, 15) is 34.2 Å². The number of aliphatic carboxylic acids is 1. The van der Waals surface area contributed by atoms with Crippen LogP contribution in [0.2, 0.25) is 0 Å². The van der Waals surface area contributed by atoms with Crippen molar-refractivity contribution in [2.75, 3.05) is 18.6 Å². The van der Waals surface area contributed by atoms with Crippen LogP contribution in [0.25, 0.3) is 0 Å². The maximum absolute atomic E-state index is 13.4. The molecule has 5 atom stereocenters. The SMILES string of the molecule is CSCC[C@H](NC(=O)[C@@H](NC(=O)[C@H](Cc1ccc(O)cc1)NC(=O)[C@@H](N)Cc1cnc[nH]1)[C@@H](C)O)C(=O)NCC(=O)O. The Morgan fingerprint density at radius 2 is 1.64 bits per heavy atom. The number of aromatic hydroxyl groups is 1. The molecular weight excluding hydrogens is 570 g/mol. The van der Waals surface area contributed by atoms with Gasteiger partial charge in [0.25, 0.3) is 0 Å². The van der Waals surface area contributed by atoms with Crippen molar-refractivity contribution in [2.24, 2.45) is 5.73 Å². The van der Waals surface area contributed by atoms with Crippen molar-refractivity contribution in [1.29, 1.82) is 0 Å². The number of aromatic amines is 1. The Hall–Kier alpha value is -4.15. The van der Waals surface area contributed by atoms with Crippen LogP contribution in [-0.4, -0.2) is 104 Å². The van der Waals surface area contributed by atoms with E-state index in [0.717, 1.165) is 0 Å². The van der Waals surface area contributed by atoms with Gasteiger partial charge in [0, 0.05) is 24.7 Å². The van der Waals surface area contributed by atoms with Crippen LogP contribution in [0.15, 0.2) is 36.8 Å². The highest BCUT2D eigenvalue weighted by Gasteiger charge is 2.33. The fourth-order valence-electron chi connectivity index (χ4n) is 3.79. The fraction of sp³-hybridized carbons (Fsp3) is 0.462. The molecule has 0 aliphatic rings. The topological polar surface area (TPSA) is 249 Å². The predicted octanol–water partition coefficient (Wildman–Crippen LogP) is -1.98. The number of carboxylic acids is 1. The second-order valence-corrected chi connectivity index (χ2v) is 10.5. The number of nitrogens with two attached hydrogens (primary N) is 1. The molecular formula is C26H37N7O8S. The first-order chi connectivity index (χ1) is 19.9. The summed E-state index contributed by atoms with van der Waals surface area (Å²) < 4.78 is 0. The summed E-state index contributed by atoms with van der Waals surface area (Å²) in [6, 6.07) is 0.982. The Balaban J connectivity index is 2.20. The molecule has 230 valence electrons. The van der Waals surface area contributed by atoms with Crippen LogP contribution in [0.1, 0.15) is 24.6 Å². The Morgan fingerprint density at radius 3 is 2.21 bits per heavy atom. The second-order valence-electron chi connectivity index (χ2n) is 9.50. The lowest BCUT2D eigenvalue weighted by molar-refractivity contribution is -0.139. The zero-order chi connectivity index (χ0) is 31.2. The molecule has 0 radical (unpaired) electrons. The Bertz CT molecular complexity index is 1190. The lowest BCUT2D eigenvalue weighted by Crippen LogP contribution is -2.61. The lowest BCUT2D eigenvalue weighted by Gasteiger charge is -2.27. The van der Waals surface area contributed by atoms with Gasteiger partial charge in [0.2, 0.25) is 23.6 Å². The normalized spacial score (nSPS) is 14.5. The van der Waals surface area contributed by atoms with Gasteiger partial charge < -0.3 is 47.3 Å². The molecule has 0 unspecified atom stereocenters. The van der Waals surface area contributed by atoms with Gasteiger partial charge in [-0.1, -0.05) is 12.1 Å². The number of carboxylic acid groups (broad SMARTS) is 1. The summed E-state index contributed by atoms with van der Waals surface area (Å²) in [5.41, 5.74) is 7.20. The fourth-order valence-corrected chi connectivity index (χ4v) is 4.26. The summed E-state index contributed by atoms with van der Waals surface area (Å²) in [7, 11) is 0. The molecule has 1 heterocycles. The minimum absolute atomic E-state index is 0.000346. The van der Waals surface area contributed by atoms with Gasteiger partial charge in [-0.05, 0) is 43.0 Å². The van der Waals surface area contributed by atoms with E-state index in [2.05, 4.69) is 31.2 Å². The number of aliphatic hydroxyl groups is 1. The smallest absolute Gasteiger partial charge is 0.322 e. The number of carbonyl (C=O) groups excluding carboxylic acids is 4. The van der Waals surface area contributed by atoms with E-state index in [-0.39, 0.29) is 25.0 Å². The number of nitrogens with one attached hydrogen (secondary N) is 5. The molecule has 0 fully saturated rings. The minimum atomic E-state index is -1.53. The number of hydrogen-bond acceptors (Lipinski definition) is 10. The molecule has 4 amide bonds. The number of amides is 4. The van der Waals surface area contributed by atoms with Gasteiger partial charge in [-0.2, -0.15) is 11.8 Å². The second kappa shape index (κ2) is 17.0. The van der Waals surface area contributed by atoms with E-state index in [1.807, 2.05) is 0 Å². The lowest BCUT2D eigenvalue weighted by atomic mass is 10.0. The molecule has 0 spiro atoms. The number of aliphatic hydroxyl groups excluding tert-OH is 1. The average molecular weight is 608 g/mol. The molecule has 42 heavy (non-hydrogen) atoms. The first-order valence-electron chi connectivity index (χ1n) is 13.0. The number of imidazole rings is 1. The summed E-state index contributed by atoms with van der Waals surface area (Å²) in [5, 5.41) is 38.5. The van der Waals surface area contributed by atoms with Gasteiger partial charge in [-0.3, -0.25) is 24.0 Å². The molecule has 2 rings (SSSR count). The van der Waals surface area contributed by atoms with Crippen molar-refractivity contribution in [2.45, 2.75) is 56.5 Å². The number of benzene rings is 1. The number of thioether (sulfide) groups is 1. The number of phenolic OH excluding ortho intramolecular Hbond substituents is 1. The molecule has 1 aromatic heterocycles. The van der Waals surface area contributed by atoms with E-state index in [4.69, 9.17) is 10.8 Å². The molecule has 0 saturated carbocycles. The molecule has 0 saturated heterocycles. The minimum Gasteiger partial charge on any atom is -0.508 e. The number of hydrogen-bond donors (Lipinski definition) is 9. The summed E-state index contributed by atoms with van der Waals surface area (Å²) in [5.74, 6) is -3.91. The Morgan fingerprint density at radius 1 is 0.976 bits per heavy atom. The quantitative estimate of drug-likeness (QED) is 0.0953. The highest BCUT2D eigenvalue weighted by atomic mass is 32.2. The average Bonchev–Trinajstić information content (AvgIpc) is 3.45. The maximum atomic E-state index is 13.4. The van der Waals surface area contributed by atoms with Crippen LogP contribution >= 0.6 is 11.8 Å². The van der Waals surface area contributed by atoms with Crippen LogP contribution in [0.5, 0.6) is 5.75 Å². The number of aromatic nitrogens is 2. The summed E-state index contributed by atoms with van der Waals surface area (Å²) in [4.78, 5) is 69.5. The number of phenols is 1. The van der Waals surface area contributed by atoms with Crippen LogP contribution in [0.4, 0.5) is 0 Å². The van der Waals surface area contributed by atoms with Crippen molar-refractivity contribution in [3.8, 4) is 5.75 Å². The molecule has 1 aromatic carbocycles. The molecule has 10 N–H and O–H groups in total. The molecule has 16 heteroatoms. The van der Waals surface area contributed by atoms with E-state index in [0.29, 0.717) is 17.0 Å². The summed E-state index contributed by atoms with van der Waals surface area (Å²) in [6.07, 6.45) is 3.54. The molecule has 0 bridgehead atoms. The van der Waals surface area contributed by atoms with Gasteiger partial charge >= 0.3 is 5.97 Å². The first kappa shape index (κ1) is 34.1. The van der Waals surface area contributed by atoms with Crippen molar-refractivity contribution >= 4 is 41.4 Å². The monoisotopic (exact) mass is 607 g/mol. The third-order valence-electron chi connectivity index (χ3n) is 6.06. The van der Waals surface area contributed by atoms with Crippen LogP contribution < -0.4 is 27.0 Å². The maximum Gasteiger partial charge on any atom is 0.322 e. The first-order valence-corrected chi connectivity index (χ1v) is 14.4. The van der Waals surface area contributed by atoms with Crippen molar-refractivity contribution in [1.82, 2.24) is 31.2 Å². The number of rotatable bonds is 17. The van der Waals surface area contributed by atoms with E-state index >= 15 is 0 Å². The van der Waals surface area contributed by atoms with Crippen molar-refractivity contribution < 1.29 is 39.3 Å². The van der Waals surface area contributed by atoms with Gasteiger partial charge in [0.15, 0.2) is 0 Å². The Kier molecular flexibility index (Phi) is 13.7. The van der Waals surface area contributed by atoms with Crippen LogP contribution in [-0.2, 0) is 36.8 Å². The van der Waals surface area contributed by atoms with Crippen LogP contribution in [0.3, 0.4) is 0 Å².